The standard InChI is InChI=1S/C8H10NO2/c1-3-5-8-7(4-2)9(10)6-11-8/h3-6,10H,2H2,1H3/q+1/b5-3-. The summed E-state index contributed by atoms with van der Waals surface area (Å²) in [6.45, 7) is 5.40. The quantitative estimate of drug-likeness (QED) is 0.514. The van der Waals surface area contributed by atoms with Crippen molar-refractivity contribution in [2.75, 3.05) is 0 Å². The maximum atomic E-state index is 9.08. The molecule has 3 heteroatoms. The van der Waals surface area contributed by atoms with E-state index in [0.717, 1.165) is 4.73 Å². The Morgan fingerprint density at radius 1 is 1.73 bits per heavy atom. The first-order chi connectivity index (χ1) is 5.29. The average Bonchev–Trinajstić information content (AvgIpc) is 2.33. The summed E-state index contributed by atoms with van der Waals surface area (Å²) in [4.78, 5) is 0. The summed E-state index contributed by atoms with van der Waals surface area (Å²) in [6.07, 6.45) is 6.32. The van der Waals surface area contributed by atoms with Gasteiger partial charge in [-0.1, -0.05) is 12.7 Å². The predicted octanol–water partition coefficient (Wildman–Crippen LogP) is 1.48. The van der Waals surface area contributed by atoms with Crippen LogP contribution in [0.1, 0.15) is 18.4 Å². The molecule has 0 aromatic carbocycles. The Morgan fingerprint density at radius 2 is 2.45 bits per heavy atom. The summed E-state index contributed by atoms with van der Waals surface area (Å²) in [6, 6.07) is 0. The van der Waals surface area contributed by atoms with E-state index in [2.05, 4.69) is 6.58 Å². The summed E-state index contributed by atoms with van der Waals surface area (Å²) in [5.41, 5.74) is 0.558. The molecule has 0 spiro atoms. The second-order valence-corrected chi connectivity index (χ2v) is 2.02. The normalized spacial score (nSPS) is 10.6. The number of allylic oxidation sites excluding steroid dienone is 1. The first-order valence-corrected chi connectivity index (χ1v) is 3.27. The lowest BCUT2D eigenvalue weighted by molar-refractivity contribution is -0.907. The van der Waals surface area contributed by atoms with Crippen LogP contribution in [0.15, 0.2) is 23.5 Å². The lowest BCUT2D eigenvalue weighted by Crippen LogP contribution is -2.29. The summed E-state index contributed by atoms with van der Waals surface area (Å²) in [7, 11) is 0. The van der Waals surface area contributed by atoms with Gasteiger partial charge in [0, 0.05) is 6.08 Å². The molecule has 0 aliphatic carbocycles. The highest BCUT2D eigenvalue weighted by Crippen LogP contribution is 2.07. The fourth-order valence-electron chi connectivity index (χ4n) is 0.807. The van der Waals surface area contributed by atoms with Crippen molar-refractivity contribution in [2.24, 2.45) is 0 Å². The van der Waals surface area contributed by atoms with Gasteiger partial charge in [-0.05, 0) is 13.0 Å². The van der Waals surface area contributed by atoms with Gasteiger partial charge >= 0.3 is 12.1 Å². The van der Waals surface area contributed by atoms with Crippen LogP contribution in [0.2, 0.25) is 0 Å². The van der Waals surface area contributed by atoms with Gasteiger partial charge in [0.25, 0.3) is 0 Å². The molecule has 0 saturated carbocycles. The Morgan fingerprint density at radius 3 is 3.00 bits per heavy atom. The first kappa shape index (κ1) is 7.60. The minimum atomic E-state index is 0.558. The topological polar surface area (TPSA) is 37.2 Å². The molecule has 58 valence electrons. The van der Waals surface area contributed by atoms with Gasteiger partial charge in [-0.3, -0.25) is 5.21 Å². The number of aromatic nitrogens is 1. The molecule has 0 unspecified atom stereocenters. The van der Waals surface area contributed by atoms with Gasteiger partial charge in [0.2, 0.25) is 5.76 Å². The number of hydrogen-bond donors (Lipinski definition) is 1. The van der Waals surface area contributed by atoms with Crippen LogP contribution in [-0.4, -0.2) is 5.21 Å². The average molecular weight is 152 g/mol. The van der Waals surface area contributed by atoms with E-state index < -0.39 is 0 Å². The molecule has 0 bridgehead atoms. The van der Waals surface area contributed by atoms with Crippen LogP contribution in [0.4, 0.5) is 0 Å². The summed E-state index contributed by atoms with van der Waals surface area (Å²) in [5, 5.41) is 9.08. The number of oxazole rings is 1. The van der Waals surface area contributed by atoms with Crippen LogP contribution in [0.25, 0.3) is 12.2 Å². The molecule has 1 aromatic rings. The third-order valence-corrected chi connectivity index (χ3v) is 1.29. The maximum absolute atomic E-state index is 9.08. The molecule has 1 rings (SSSR count). The molecule has 11 heavy (non-hydrogen) atoms. The number of rotatable bonds is 2. The zero-order valence-electron chi connectivity index (χ0n) is 6.32. The lowest BCUT2D eigenvalue weighted by Gasteiger charge is -1.79. The van der Waals surface area contributed by atoms with E-state index >= 15 is 0 Å². The van der Waals surface area contributed by atoms with Crippen molar-refractivity contribution in [3.05, 3.63) is 30.5 Å². The molecule has 0 fully saturated rings. The molecule has 0 saturated heterocycles. The van der Waals surface area contributed by atoms with Gasteiger partial charge in [-0.25, -0.2) is 0 Å². The van der Waals surface area contributed by atoms with Crippen LogP contribution >= 0.6 is 0 Å². The summed E-state index contributed by atoms with van der Waals surface area (Å²) < 4.78 is 5.87. The second-order valence-electron chi connectivity index (χ2n) is 2.02. The Labute approximate surface area is 64.8 Å². The number of nitrogens with zero attached hydrogens (tertiary/aromatic N) is 1. The third kappa shape index (κ3) is 1.32. The third-order valence-electron chi connectivity index (χ3n) is 1.29. The van der Waals surface area contributed by atoms with Crippen molar-refractivity contribution in [1.29, 1.82) is 0 Å². The van der Waals surface area contributed by atoms with Crippen molar-refractivity contribution in [3.63, 3.8) is 0 Å². The Hall–Kier alpha value is -1.51. The van der Waals surface area contributed by atoms with E-state index in [1.54, 1.807) is 6.08 Å². The van der Waals surface area contributed by atoms with Gasteiger partial charge in [-0.2, -0.15) is 0 Å². The number of hydrogen-bond acceptors (Lipinski definition) is 2. The largest absolute Gasteiger partial charge is 0.400 e. The zero-order valence-corrected chi connectivity index (χ0v) is 6.32. The van der Waals surface area contributed by atoms with Crippen molar-refractivity contribution in [3.8, 4) is 0 Å². The van der Waals surface area contributed by atoms with Crippen molar-refractivity contribution in [1.82, 2.24) is 0 Å². The highest BCUT2D eigenvalue weighted by atomic mass is 16.5. The van der Waals surface area contributed by atoms with E-state index in [4.69, 9.17) is 9.62 Å². The van der Waals surface area contributed by atoms with Gasteiger partial charge in [0.05, 0.1) is 4.73 Å². The highest BCUT2D eigenvalue weighted by Gasteiger charge is 2.15. The second kappa shape index (κ2) is 3.05. The minimum absolute atomic E-state index is 0.558. The van der Waals surface area contributed by atoms with Crippen molar-refractivity contribution in [2.45, 2.75) is 6.92 Å². The molecule has 0 amide bonds. The molecule has 1 heterocycles. The lowest BCUT2D eigenvalue weighted by atomic mass is 10.3. The van der Waals surface area contributed by atoms with Gasteiger partial charge in [0.15, 0.2) is 0 Å². The Bertz CT molecular complexity index is 286. The van der Waals surface area contributed by atoms with E-state index in [-0.39, 0.29) is 0 Å². The summed E-state index contributed by atoms with van der Waals surface area (Å²) in [5.74, 6) is 0.602. The smallest absolute Gasteiger partial charge is 0.385 e. The van der Waals surface area contributed by atoms with E-state index in [0.29, 0.717) is 11.5 Å². The fraction of sp³-hybridized carbons (Fsp3) is 0.125. The molecular weight excluding hydrogens is 142 g/mol. The summed E-state index contributed by atoms with van der Waals surface area (Å²) >= 11 is 0. The monoisotopic (exact) mass is 152 g/mol. The fourth-order valence-corrected chi connectivity index (χ4v) is 0.807. The van der Waals surface area contributed by atoms with E-state index in [1.807, 2.05) is 13.0 Å². The highest BCUT2D eigenvalue weighted by molar-refractivity contribution is 5.54. The molecule has 0 atom stereocenters. The Kier molecular flexibility index (Phi) is 2.11. The van der Waals surface area contributed by atoms with E-state index in [9.17, 15) is 0 Å². The van der Waals surface area contributed by atoms with Gasteiger partial charge < -0.3 is 4.42 Å². The minimum Gasteiger partial charge on any atom is -0.400 e. The van der Waals surface area contributed by atoms with Crippen LogP contribution in [0.5, 0.6) is 0 Å². The van der Waals surface area contributed by atoms with Crippen molar-refractivity contribution >= 4 is 12.2 Å². The zero-order chi connectivity index (χ0) is 8.27. The molecule has 0 aliphatic heterocycles. The van der Waals surface area contributed by atoms with Gasteiger partial charge in [-0.15, -0.1) is 0 Å². The van der Waals surface area contributed by atoms with Gasteiger partial charge in [0.1, 0.15) is 0 Å². The van der Waals surface area contributed by atoms with Crippen LogP contribution in [0.3, 0.4) is 0 Å². The predicted molar refractivity (Wildman–Crippen MR) is 40.9 cm³/mol. The maximum Gasteiger partial charge on any atom is 0.385 e. The molecule has 0 aliphatic rings. The van der Waals surface area contributed by atoms with Crippen LogP contribution in [0, 0.1) is 0 Å². The first-order valence-electron chi connectivity index (χ1n) is 3.27. The van der Waals surface area contributed by atoms with Crippen molar-refractivity contribution < 1.29 is 14.4 Å². The molecule has 3 nitrogen and oxygen atoms in total. The SMILES string of the molecule is C=Cc1c(/C=C\C)oc[n+]1O. The molecule has 1 aromatic heterocycles. The Balaban J connectivity index is 3.15. The molecular formula is C8H10NO2+. The van der Waals surface area contributed by atoms with Crippen LogP contribution in [-0.2, 0) is 0 Å². The van der Waals surface area contributed by atoms with E-state index in [1.165, 1.54) is 12.5 Å². The molecule has 0 radical (unpaired) electrons. The molecule has 1 N–H and O–H groups in total. The van der Waals surface area contributed by atoms with Crippen LogP contribution < -0.4 is 4.73 Å².